The van der Waals surface area contributed by atoms with Crippen molar-refractivity contribution in [3.8, 4) is 0 Å². The van der Waals surface area contributed by atoms with Crippen LogP contribution in [-0.4, -0.2) is 68.5 Å². The molecule has 15 heavy (non-hydrogen) atoms. The maximum absolute atomic E-state index is 8.89. The highest BCUT2D eigenvalue weighted by atomic mass is 16.3. The molecule has 0 aromatic rings. The van der Waals surface area contributed by atoms with Crippen LogP contribution in [-0.2, 0) is 0 Å². The highest BCUT2D eigenvalue weighted by Crippen LogP contribution is 1.67. The van der Waals surface area contributed by atoms with E-state index >= 15 is 0 Å². The van der Waals surface area contributed by atoms with E-state index in [2.05, 4.69) is 7.05 Å². The van der Waals surface area contributed by atoms with Crippen molar-refractivity contribution in [1.29, 1.82) is 0 Å². The van der Waals surface area contributed by atoms with Gasteiger partial charge >= 0.3 is 0 Å². The van der Waals surface area contributed by atoms with Crippen LogP contribution >= 0.6 is 0 Å². The Morgan fingerprint density at radius 2 is 1.40 bits per heavy atom. The van der Waals surface area contributed by atoms with Gasteiger partial charge in [-0.05, 0) is 0 Å². The normalized spacial score (nSPS) is 15.2. The van der Waals surface area contributed by atoms with E-state index in [4.69, 9.17) is 15.3 Å². The summed E-state index contributed by atoms with van der Waals surface area (Å²) in [5.41, 5.74) is 0. The van der Waals surface area contributed by atoms with Crippen LogP contribution in [0.25, 0.3) is 0 Å². The molecule has 0 spiro atoms. The molecule has 92 valence electrons. The average Bonchev–Trinajstić information content (AvgIpc) is 2.23. The van der Waals surface area contributed by atoms with Gasteiger partial charge in [-0.3, -0.25) is 9.80 Å². The third-order valence-corrected chi connectivity index (χ3v) is 2.47. The minimum atomic E-state index is 0.189. The fraction of sp³-hybridized carbons (Fsp3) is 1.00. The lowest BCUT2D eigenvalue weighted by molar-refractivity contribution is -1.08. The van der Waals surface area contributed by atoms with E-state index in [0.29, 0.717) is 0 Å². The topological polar surface area (TPSA) is 69.6 Å². The van der Waals surface area contributed by atoms with Gasteiger partial charge in [0.2, 0.25) is 6.67 Å². The minimum absolute atomic E-state index is 0.189. The fourth-order valence-electron chi connectivity index (χ4n) is 1.68. The number of rotatable bonds is 10. The minimum Gasteiger partial charge on any atom is -0.396 e. The van der Waals surface area contributed by atoms with E-state index in [0.717, 1.165) is 39.1 Å². The molecule has 0 aliphatic rings. The van der Waals surface area contributed by atoms with Crippen LogP contribution in [0.4, 0.5) is 0 Å². The van der Waals surface area contributed by atoms with Crippen molar-refractivity contribution in [2.45, 2.75) is 12.8 Å². The monoisotopic (exact) mass is 222 g/mol. The number of aliphatic hydroxyl groups is 3. The van der Waals surface area contributed by atoms with Crippen molar-refractivity contribution in [1.82, 2.24) is 0 Å². The number of aliphatic hydroxyl groups excluding tert-OH is 3. The Morgan fingerprint density at radius 3 is 1.93 bits per heavy atom. The Kier molecular flexibility index (Phi) is 10.2. The highest BCUT2D eigenvalue weighted by molar-refractivity contribution is 4.30. The molecule has 0 fully saturated rings. The second-order valence-corrected chi connectivity index (χ2v) is 4.01. The molecule has 2 unspecified atom stereocenters. The SMILES string of the molecule is C[NH+](CCCO)C[NH+](CCO)CCCO. The second kappa shape index (κ2) is 10.3. The summed E-state index contributed by atoms with van der Waals surface area (Å²) in [4.78, 5) is 2.66. The fourth-order valence-corrected chi connectivity index (χ4v) is 1.68. The molecule has 0 saturated carbocycles. The van der Waals surface area contributed by atoms with Gasteiger partial charge in [0, 0.05) is 26.1 Å². The van der Waals surface area contributed by atoms with Gasteiger partial charge in [0.05, 0.1) is 26.7 Å². The summed E-state index contributed by atoms with van der Waals surface area (Å²) in [5, 5.41) is 26.3. The number of hydrogen-bond acceptors (Lipinski definition) is 3. The maximum Gasteiger partial charge on any atom is 0.204 e. The summed E-state index contributed by atoms with van der Waals surface area (Å²) in [6.07, 6.45) is 1.60. The zero-order chi connectivity index (χ0) is 11.5. The number of quaternary nitrogens is 2. The third kappa shape index (κ3) is 8.77. The Labute approximate surface area is 91.9 Å². The average molecular weight is 222 g/mol. The highest BCUT2D eigenvalue weighted by Gasteiger charge is 2.12. The van der Waals surface area contributed by atoms with Gasteiger partial charge in [0.1, 0.15) is 6.54 Å². The molecular formula is C10H26N2O3+2. The van der Waals surface area contributed by atoms with E-state index in [1.54, 1.807) is 0 Å². The zero-order valence-electron chi connectivity index (χ0n) is 9.71. The molecule has 0 saturated heterocycles. The van der Waals surface area contributed by atoms with Crippen molar-refractivity contribution >= 4 is 0 Å². The summed E-state index contributed by atoms with van der Waals surface area (Å²) >= 11 is 0. The summed E-state index contributed by atoms with van der Waals surface area (Å²) in [5.74, 6) is 0. The maximum atomic E-state index is 8.89. The van der Waals surface area contributed by atoms with Gasteiger partial charge in [0.15, 0.2) is 0 Å². The van der Waals surface area contributed by atoms with E-state index in [1.165, 1.54) is 9.80 Å². The first-order valence-corrected chi connectivity index (χ1v) is 5.72. The van der Waals surface area contributed by atoms with Crippen LogP contribution in [0.2, 0.25) is 0 Å². The molecule has 5 N–H and O–H groups in total. The van der Waals surface area contributed by atoms with E-state index in [1.807, 2.05) is 0 Å². The zero-order valence-corrected chi connectivity index (χ0v) is 9.71. The molecule has 5 nitrogen and oxygen atoms in total. The lowest BCUT2D eigenvalue weighted by Crippen LogP contribution is -3.30. The molecule has 0 amide bonds. The standard InChI is InChI=1S/C10H24N2O3/c1-11(4-2-7-13)10-12(6-9-15)5-3-8-14/h13-15H,2-10H2,1H3/p+2. The van der Waals surface area contributed by atoms with Crippen LogP contribution < -0.4 is 9.80 Å². The molecular weight excluding hydrogens is 196 g/mol. The lowest BCUT2D eigenvalue weighted by Gasteiger charge is -2.21. The number of nitrogens with one attached hydrogen (secondary N) is 2. The van der Waals surface area contributed by atoms with Gasteiger partial charge in [-0.2, -0.15) is 0 Å². The quantitative estimate of drug-likeness (QED) is 0.245. The van der Waals surface area contributed by atoms with Crippen molar-refractivity contribution in [3.05, 3.63) is 0 Å². The Bertz CT molecular complexity index is 136. The van der Waals surface area contributed by atoms with Crippen molar-refractivity contribution in [2.24, 2.45) is 0 Å². The van der Waals surface area contributed by atoms with Crippen molar-refractivity contribution < 1.29 is 25.1 Å². The molecule has 0 bridgehead atoms. The predicted octanol–water partition coefficient (Wildman–Crippen LogP) is -3.90. The molecule has 5 heteroatoms. The van der Waals surface area contributed by atoms with Gasteiger partial charge in [-0.1, -0.05) is 0 Å². The van der Waals surface area contributed by atoms with Gasteiger partial charge in [-0.25, -0.2) is 0 Å². The van der Waals surface area contributed by atoms with Gasteiger partial charge in [0.25, 0.3) is 0 Å². The summed E-state index contributed by atoms with van der Waals surface area (Å²) in [6.45, 7) is 4.15. The molecule has 0 aromatic carbocycles. The summed E-state index contributed by atoms with van der Waals surface area (Å²) in [7, 11) is 2.09. The van der Waals surface area contributed by atoms with Crippen molar-refractivity contribution in [3.63, 3.8) is 0 Å². The summed E-state index contributed by atoms with van der Waals surface area (Å²) in [6, 6.07) is 0. The van der Waals surface area contributed by atoms with E-state index in [9.17, 15) is 0 Å². The van der Waals surface area contributed by atoms with Crippen LogP contribution in [0, 0.1) is 0 Å². The first-order chi connectivity index (χ1) is 7.24. The smallest absolute Gasteiger partial charge is 0.204 e. The van der Waals surface area contributed by atoms with Crippen LogP contribution in [0.1, 0.15) is 12.8 Å². The van der Waals surface area contributed by atoms with Crippen LogP contribution in [0.3, 0.4) is 0 Å². The van der Waals surface area contributed by atoms with Crippen LogP contribution in [0.5, 0.6) is 0 Å². The molecule has 0 radical (unpaired) electrons. The molecule has 2 atom stereocenters. The van der Waals surface area contributed by atoms with Gasteiger partial charge < -0.3 is 15.3 Å². The molecule has 0 aromatic heterocycles. The van der Waals surface area contributed by atoms with E-state index in [-0.39, 0.29) is 19.8 Å². The molecule has 0 aliphatic carbocycles. The van der Waals surface area contributed by atoms with Crippen LogP contribution in [0.15, 0.2) is 0 Å². The summed E-state index contributed by atoms with van der Waals surface area (Å²) < 4.78 is 0. The first kappa shape index (κ1) is 14.8. The number of hydrogen-bond donors (Lipinski definition) is 5. The first-order valence-electron chi connectivity index (χ1n) is 5.72. The Balaban J connectivity index is 3.70. The Morgan fingerprint density at radius 1 is 0.800 bits per heavy atom. The molecule has 0 aliphatic heterocycles. The lowest BCUT2D eigenvalue weighted by atomic mass is 10.4. The van der Waals surface area contributed by atoms with Crippen molar-refractivity contribution in [2.75, 3.05) is 53.2 Å². The van der Waals surface area contributed by atoms with E-state index < -0.39 is 0 Å². The Hall–Kier alpha value is -0.200. The second-order valence-electron chi connectivity index (χ2n) is 4.01. The predicted molar refractivity (Wildman–Crippen MR) is 57.8 cm³/mol. The molecule has 0 rings (SSSR count). The molecule has 0 heterocycles. The largest absolute Gasteiger partial charge is 0.396 e. The third-order valence-electron chi connectivity index (χ3n) is 2.47. The van der Waals surface area contributed by atoms with Gasteiger partial charge in [-0.15, -0.1) is 0 Å².